The van der Waals surface area contributed by atoms with Crippen LogP contribution < -0.4 is 10.6 Å². The van der Waals surface area contributed by atoms with E-state index in [-0.39, 0.29) is 25.2 Å². The van der Waals surface area contributed by atoms with Crippen molar-refractivity contribution in [3.8, 4) is 0 Å². The molecular formula is C14H17F3N4O4. The Balaban J connectivity index is 1.95. The van der Waals surface area contributed by atoms with Crippen LogP contribution in [-0.2, 0) is 14.4 Å². The van der Waals surface area contributed by atoms with Gasteiger partial charge in [-0.25, -0.2) is 0 Å². The molecule has 3 amide bonds. The van der Waals surface area contributed by atoms with Crippen molar-refractivity contribution in [2.75, 3.05) is 11.9 Å². The number of likely N-dealkylation sites (tertiary alicyclic amines) is 1. The summed E-state index contributed by atoms with van der Waals surface area (Å²) >= 11 is 0. The molecule has 1 aliphatic rings. The minimum absolute atomic E-state index is 0.102. The summed E-state index contributed by atoms with van der Waals surface area (Å²) in [6, 6.07) is -0.820. The summed E-state index contributed by atoms with van der Waals surface area (Å²) in [7, 11) is 0. The van der Waals surface area contributed by atoms with E-state index in [2.05, 4.69) is 15.8 Å². The molecule has 11 heteroatoms. The van der Waals surface area contributed by atoms with E-state index in [0.29, 0.717) is 10.7 Å². The average Bonchev–Trinajstić information content (AvgIpc) is 3.14. The third-order valence-electron chi connectivity index (χ3n) is 3.69. The Morgan fingerprint density at radius 1 is 1.40 bits per heavy atom. The summed E-state index contributed by atoms with van der Waals surface area (Å²) in [6.45, 7) is 2.83. The summed E-state index contributed by atoms with van der Waals surface area (Å²) in [5.74, 6) is -2.86. The van der Waals surface area contributed by atoms with Crippen LogP contribution in [0.5, 0.6) is 0 Å². The van der Waals surface area contributed by atoms with E-state index < -0.39 is 36.0 Å². The quantitative estimate of drug-likeness (QED) is 0.831. The van der Waals surface area contributed by atoms with Crippen LogP contribution in [-0.4, -0.2) is 52.6 Å². The van der Waals surface area contributed by atoms with Gasteiger partial charge in [0.1, 0.15) is 17.8 Å². The minimum atomic E-state index is -5.04. The second kappa shape index (κ2) is 7.11. The first-order valence-electron chi connectivity index (χ1n) is 7.52. The van der Waals surface area contributed by atoms with Crippen LogP contribution >= 0.6 is 0 Å². The van der Waals surface area contributed by atoms with Crippen LogP contribution in [0.3, 0.4) is 0 Å². The van der Waals surface area contributed by atoms with E-state index in [9.17, 15) is 27.6 Å². The number of aromatic nitrogens is 1. The second-order valence-corrected chi connectivity index (χ2v) is 5.70. The maximum atomic E-state index is 12.6. The van der Waals surface area contributed by atoms with Gasteiger partial charge in [0.2, 0.25) is 11.8 Å². The minimum Gasteiger partial charge on any atom is -0.360 e. The molecule has 0 aliphatic carbocycles. The number of hydrogen-bond donors (Lipinski definition) is 2. The molecule has 1 aliphatic heterocycles. The SMILES string of the molecule is Cc1cc(NC(=O)[C@@H](C)NC(=O)C2CCCN2C(=O)C(F)(F)F)no1. The lowest BCUT2D eigenvalue weighted by molar-refractivity contribution is -0.186. The van der Waals surface area contributed by atoms with Crippen molar-refractivity contribution in [3.05, 3.63) is 11.8 Å². The predicted octanol–water partition coefficient (Wildman–Crippen LogP) is 0.980. The number of nitrogens with zero attached hydrogens (tertiary/aromatic N) is 2. The zero-order chi connectivity index (χ0) is 18.8. The van der Waals surface area contributed by atoms with Gasteiger partial charge in [0.25, 0.3) is 0 Å². The number of carbonyl (C=O) groups excluding carboxylic acids is 3. The monoisotopic (exact) mass is 362 g/mol. The molecule has 138 valence electrons. The molecule has 25 heavy (non-hydrogen) atoms. The summed E-state index contributed by atoms with van der Waals surface area (Å²) in [4.78, 5) is 36.0. The van der Waals surface area contributed by atoms with Crippen molar-refractivity contribution in [3.63, 3.8) is 0 Å². The fourth-order valence-electron chi connectivity index (χ4n) is 2.48. The van der Waals surface area contributed by atoms with Crippen molar-refractivity contribution in [1.82, 2.24) is 15.4 Å². The summed E-state index contributed by atoms with van der Waals surface area (Å²) in [6.07, 6.45) is -4.67. The molecule has 2 N–H and O–H groups in total. The maximum absolute atomic E-state index is 12.6. The molecular weight excluding hydrogens is 345 g/mol. The number of aryl methyl sites for hydroxylation is 1. The van der Waals surface area contributed by atoms with E-state index in [0.717, 1.165) is 0 Å². The Labute approximate surface area is 140 Å². The first-order chi connectivity index (χ1) is 11.6. The van der Waals surface area contributed by atoms with Gasteiger partial charge in [-0.2, -0.15) is 13.2 Å². The summed E-state index contributed by atoms with van der Waals surface area (Å²) < 4.78 is 42.5. The highest BCUT2D eigenvalue weighted by Gasteiger charge is 2.47. The molecule has 2 heterocycles. The number of rotatable bonds is 4. The second-order valence-electron chi connectivity index (χ2n) is 5.70. The van der Waals surface area contributed by atoms with E-state index in [1.54, 1.807) is 6.92 Å². The van der Waals surface area contributed by atoms with Gasteiger partial charge in [0.15, 0.2) is 5.82 Å². The Morgan fingerprint density at radius 2 is 2.08 bits per heavy atom. The van der Waals surface area contributed by atoms with Gasteiger partial charge in [-0.3, -0.25) is 14.4 Å². The molecule has 1 saturated heterocycles. The van der Waals surface area contributed by atoms with Crippen LogP contribution in [0.1, 0.15) is 25.5 Å². The number of alkyl halides is 3. The van der Waals surface area contributed by atoms with Crippen LogP contribution in [0.4, 0.5) is 19.0 Å². The van der Waals surface area contributed by atoms with Crippen molar-refractivity contribution in [2.24, 2.45) is 0 Å². The zero-order valence-electron chi connectivity index (χ0n) is 13.5. The van der Waals surface area contributed by atoms with Gasteiger partial charge >= 0.3 is 12.1 Å². The predicted molar refractivity (Wildman–Crippen MR) is 78.3 cm³/mol. The summed E-state index contributed by atoms with van der Waals surface area (Å²) in [5, 5.41) is 8.27. The Kier molecular flexibility index (Phi) is 5.33. The molecule has 2 atom stereocenters. The fourth-order valence-corrected chi connectivity index (χ4v) is 2.48. The molecule has 1 aromatic heterocycles. The van der Waals surface area contributed by atoms with Crippen molar-refractivity contribution >= 4 is 23.5 Å². The van der Waals surface area contributed by atoms with Gasteiger partial charge in [-0.15, -0.1) is 0 Å². The number of nitrogens with one attached hydrogen (secondary N) is 2. The zero-order valence-corrected chi connectivity index (χ0v) is 13.5. The standard InChI is InChI=1S/C14H17F3N4O4/c1-7-6-10(20-25-7)19-11(22)8(2)18-12(23)9-4-3-5-21(9)13(24)14(15,16)17/h6,8-9H,3-5H2,1-2H3,(H,18,23)(H,19,20,22)/t8-,9?/m1/s1. The van der Waals surface area contributed by atoms with Crippen molar-refractivity contribution in [2.45, 2.75) is 44.9 Å². The lowest BCUT2D eigenvalue weighted by Gasteiger charge is -2.25. The number of halogens is 3. The van der Waals surface area contributed by atoms with Crippen LogP contribution in [0, 0.1) is 6.92 Å². The van der Waals surface area contributed by atoms with Gasteiger partial charge in [0.05, 0.1) is 0 Å². The van der Waals surface area contributed by atoms with Gasteiger partial charge in [-0.1, -0.05) is 5.16 Å². The van der Waals surface area contributed by atoms with E-state index in [4.69, 9.17) is 4.52 Å². The molecule has 0 radical (unpaired) electrons. The van der Waals surface area contributed by atoms with Crippen molar-refractivity contribution in [1.29, 1.82) is 0 Å². The van der Waals surface area contributed by atoms with E-state index in [1.807, 2.05) is 0 Å². The normalized spacial score (nSPS) is 18.8. The molecule has 2 rings (SSSR count). The smallest absolute Gasteiger partial charge is 0.360 e. The van der Waals surface area contributed by atoms with Crippen LogP contribution in [0.2, 0.25) is 0 Å². The average molecular weight is 362 g/mol. The highest BCUT2D eigenvalue weighted by Crippen LogP contribution is 2.25. The Hall–Kier alpha value is -2.59. The molecule has 0 saturated carbocycles. The molecule has 8 nitrogen and oxygen atoms in total. The third-order valence-corrected chi connectivity index (χ3v) is 3.69. The topological polar surface area (TPSA) is 105 Å². The Bertz CT molecular complexity index is 673. The molecule has 1 fully saturated rings. The molecule has 0 bridgehead atoms. The highest BCUT2D eigenvalue weighted by atomic mass is 19.4. The van der Waals surface area contributed by atoms with Crippen LogP contribution in [0.25, 0.3) is 0 Å². The molecule has 0 spiro atoms. The fraction of sp³-hybridized carbons (Fsp3) is 0.571. The lowest BCUT2D eigenvalue weighted by Crippen LogP contribution is -2.53. The first-order valence-corrected chi connectivity index (χ1v) is 7.52. The van der Waals surface area contributed by atoms with Gasteiger partial charge in [0, 0.05) is 12.6 Å². The van der Waals surface area contributed by atoms with Crippen LogP contribution in [0.15, 0.2) is 10.6 Å². The molecule has 0 aromatic carbocycles. The number of amides is 3. The van der Waals surface area contributed by atoms with Gasteiger partial charge in [-0.05, 0) is 26.7 Å². The van der Waals surface area contributed by atoms with E-state index >= 15 is 0 Å². The Morgan fingerprint density at radius 3 is 2.64 bits per heavy atom. The molecule has 1 unspecified atom stereocenters. The number of hydrogen-bond acceptors (Lipinski definition) is 5. The largest absolute Gasteiger partial charge is 0.471 e. The number of anilines is 1. The summed E-state index contributed by atoms with van der Waals surface area (Å²) in [5.41, 5.74) is 0. The maximum Gasteiger partial charge on any atom is 0.471 e. The number of carbonyl (C=O) groups is 3. The lowest BCUT2D eigenvalue weighted by atomic mass is 10.2. The van der Waals surface area contributed by atoms with Gasteiger partial charge < -0.3 is 20.1 Å². The first kappa shape index (κ1) is 18.7. The van der Waals surface area contributed by atoms with Crippen molar-refractivity contribution < 1.29 is 32.1 Å². The highest BCUT2D eigenvalue weighted by molar-refractivity contribution is 5.98. The molecule has 1 aromatic rings. The van der Waals surface area contributed by atoms with E-state index in [1.165, 1.54) is 13.0 Å². The third kappa shape index (κ3) is 4.48.